The zero-order valence-corrected chi connectivity index (χ0v) is 32.6. The molecule has 55 heavy (non-hydrogen) atoms. The first-order valence-corrected chi connectivity index (χ1v) is 19.6. The number of hydrogen-bond donors (Lipinski definition) is 3. The third kappa shape index (κ3) is 9.87. The molecular formula is C42H59N3O10. The van der Waals surface area contributed by atoms with Gasteiger partial charge in [-0.2, -0.15) is 0 Å². The third-order valence-corrected chi connectivity index (χ3v) is 10.8. The van der Waals surface area contributed by atoms with Crippen LogP contribution in [0.4, 0.5) is 4.79 Å². The number of fused-ring (bicyclic) bond motifs is 2. The Morgan fingerprint density at radius 3 is 2.60 bits per heavy atom. The molecule has 1 aromatic heterocycles. The van der Waals surface area contributed by atoms with Crippen LogP contribution in [0.25, 0.3) is 0 Å². The fourth-order valence-electron chi connectivity index (χ4n) is 8.60. The first kappa shape index (κ1) is 42.1. The normalized spacial score (nSPS) is 24.6. The Kier molecular flexibility index (Phi) is 15.9. The number of ether oxygens (including phenoxy) is 5. The van der Waals surface area contributed by atoms with Crippen molar-refractivity contribution in [2.75, 3.05) is 59.9 Å². The number of carbonyl (C=O) groups excluding carboxylic acids is 1. The molecule has 2 aliphatic carbocycles. The Hall–Kier alpha value is -4.01. The van der Waals surface area contributed by atoms with Gasteiger partial charge in [-0.05, 0) is 87.3 Å². The minimum atomic E-state index is -1.42. The average molecular weight is 766 g/mol. The van der Waals surface area contributed by atoms with E-state index < -0.39 is 23.8 Å². The minimum Gasteiger partial charge on any atom is -0.487 e. The minimum absolute atomic E-state index is 0.0634. The summed E-state index contributed by atoms with van der Waals surface area (Å²) in [6.45, 7) is 8.71. The maximum atomic E-state index is 14.0. The van der Waals surface area contributed by atoms with Crippen molar-refractivity contribution >= 4 is 11.8 Å². The zero-order chi connectivity index (χ0) is 39.2. The van der Waals surface area contributed by atoms with E-state index in [1.807, 2.05) is 37.3 Å². The van der Waals surface area contributed by atoms with Crippen LogP contribution in [0.15, 0.2) is 65.9 Å². The summed E-state index contributed by atoms with van der Waals surface area (Å²) in [5, 5.41) is 33.6. The molecular weight excluding hydrogens is 706 g/mol. The van der Waals surface area contributed by atoms with E-state index in [0.29, 0.717) is 30.1 Å². The van der Waals surface area contributed by atoms with Crippen molar-refractivity contribution in [3.05, 3.63) is 77.7 Å². The number of oxime groups is 1. The Labute approximate surface area is 324 Å². The summed E-state index contributed by atoms with van der Waals surface area (Å²) in [5.74, 6) is -0.652. The molecule has 1 aromatic carbocycles. The van der Waals surface area contributed by atoms with E-state index in [2.05, 4.69) is 28.9 Å². The topological polar surface area (TPSA) is 162 Å². The summed E-state index contributed by atoms with van der Waals surface area (Å²) in [6.07, 6.45) is 8.27. The van der Waals surface area contributed by atoms with Crippen LogP contribution in [0.5, 0.6) is 11.5 Å². The highest BCUT2D eigenvalue weighted by Crippen LogP contribution is 2.62. The van der Waals surface area contributed by atoms with Gasteiger partial charge in [0.2, 0.25) is 5.79 Å². The molecule has 3 N–H and O–H groups in total. The molecule has 5 rings (SSSR count). The second-order valence-corrected chi connectivity index (χ2v) is 14.2. The molecule has 1 saturated carbocycles. The monoisotopic (exact) mass is 765 g/mol. The maximum Gasteiger partial charge on any atom is 0.410 e. The average Bonchev–Trinajstić information content (AvgIpc) is 3.18. The molecule has 13 heteroatoms. The first-order chi connectivity index (χ1) is 26.8. The van der Waals surface area contributed by atoms with Crippen molar-refractivity contribution in [2.24, 2.45) is 22.9 Å². The van der Waals surface area contributed by atoms with E-state index in [-0.39, 0.29) is 83.6 Å². The molecule has 302 valence electrons. The summed E-state index contributed by atoms with van der Waals surface area (Å²) in [6, 6.07) is 11.0. The Morgan fingerprint density at radius 1 is 1.09 bits per heavy atom. The molecule has 1 aliphatic heterocycles. The van der Waals surface area contributed by atoms with Crippen LogP contribution in [-0.2, 0) is 25.7 Å². The van der Waals surface area contributed by atoms with Crippen LogP contribution in [0.2, 0.25) is 0 Å². The summed E-state index contributed by atoms with van der Waals surface area (Å²) >= 11 is 0. The van der Waals surface area contributed by atoms with E-state index in [0.717, 1.165) is 48.2 Å². The van der Waals surface area contributed by atoms with Gasteiger partial charge in [-0.1, -0.05) is 36.2 Å². The molecule has 2 aromatic rings. The smallest absolute Gasteiger partial charge is 0.410 e. The Balaban J connectivity index is 1.72. The van der Waals surface area contributed by atoms with E-state index >= 15 is 0 Å². The highest BCUT2D eigenvalue weighted by molar-refractivity contribution is 6.02. The molecule has 0 radical (unpaired) electrons. The number of benzene rings is 1. The van der Waals surface area contributed by atoms with Crippen LogP contribution in [0, 0.1) is 24.7 Å². The van der Waals surface area contributed by atoms with Gasteiger partial charge < -0.3 is 43.8 Å². The lowest BCUT2D eigenvalue weighted by Crippen LogP contribution is -2.70. The second-order valence-electron chi connectivity index (χ2n) is 14.2. The summed E-state index contributed by atoms with van der Waals surface area (Å²) in [4.78, 5) is 25.7. The number of unbranched alkanes of at least 4 members (excludes halogenated alkanes) is 2. The number of rotatable bonds is 22. The third-order valence-electron chi connectivity index (χ3n) is 10.8. The Morgan fingerprint density at radius 2 is 1.89 bits per heavy atom. The van der Waals surface area contributed by atoms with Gasteiger partial charge in [-0.25, -0.2) is 4.79 Å². The molecule has 0 unspecified atom stereocenters. The zero-order valence-electron chi connectivity index (χ0n) is 32.6. The lowest BCUT2D eigenvalue weighted by atomic mass is 9.55. The lowest BCUT2D eigenvalue weighted by molar-refractivity contribution is -0.256. The van der Waals surface area contributed by atoms with Crippen LogP contribution >= 0.6 is 0 Å². The number of amides is 1. The van der Waals surface area contributed by atoms with E-state index in [1.165, 1.54) is 7.11 Å². The quantitative estimate of drug-likeness (QED) is 0.0767. The lowest BCUT2D eigenvalue weighted by Gasteiger charge is -2.59. The van der Waals surface area contributed by atoms with Crippen molar-refractivity contribution < 1.29 is 48.6 Å². The highest BCUT2D eigenvalue weighted by atomic mass is 16.7. The molecule has 6 atom stereocenters. The molecule has 2 heterocycles. The number of aliphatic hydroxyl groups excluding tert-OH is 3. The summed E-state index contributed by atoms with van der Waals surface area (Å²) in [7, 11) is 1.51. The van der Waals surface area contributed by atoms with Gasteiger partial charge in [-0.15, -0.1) is 6.58 Å². The van der Waals surface area contributed by atoms with Crippen molar-refractivity contribution in [1.29, 1.82) is 0 Å². The number of pyridine rings is 1. The molecule has 0 spiro atoms. The molecule has 0 saturated heterocycles. The number of aryl methyl sites for hydroxylation is 1. The number of aromatic nitrogens is 1. The van der Waals surface area contributed by atoms with E-state index in [1.54, 1.807) is 17.9 Å². The van der Waals surface area contributed by atoms with Crippen molar-refractivity contribution in [3.8, 4) is 11.5 Å². The molecule has 1 fully saturated rings. The fraction of sp³-hybridized carbons (Fsp3) is 0.595. The van der Waals surface area contributed by atoms with E-state index in [9.17, 15) is 20.1 Å². The predicted octanol–water partition coefficient (Wildman–Crippen LogP) is 5.70. The summed E-state index contributed by atoms with van der Waals surface area (Å²) in [5.41, 5.74) is 4.29. The number of aliphatic hydroxyl groups is 3. The van der Waals surface area contributed by atoms with Crippen molar-refractivity contribution in [2.45, 2.75) is 83.1 Å². The summed E-state index contributed by atoms with van der Waals surface area (Å²) < 4.78 is 31.8. The van der Waals surface area contributed by atoms with Crippen LogP contribution in [0.1, 0.15) is 74.7 Å². The van der Waals surface area contributed by atoms with Gasteiger partial charge in [0.05, 0.1) is 50.4 Å². The van der Waals surface area contributed by atoms with Crippen LogP contribution in [-0.4, -0.2) is 109 Å². The standard InChI is InChI=1S/C42H59N3O10/c1-5-22-54-42-38(45(41(49)52-6-2)18-23-51-24-21-48)27-36(44-50-4)34-25-30(13-7-9-19-46)33(15-8-10-20-47)39(40(34)42)35-26-32(16-17-37(35)55-42)53-28-31-14-11-12-29(3)43-31/h5,11-12,14,16-17,25-26,30,33,38-40,46-48H,1,6-10,13,15,18-24,27-28H2,2-4H3/t30-,33+,38-,39+,40+,42+/m0/s1. The van der Waals surface area contributed by atoms with Gasteiger partial charge in [0.1, 0.15) is 31.3 Å². The van der Waals surface area contributed by atoms with Gasteiger partial charge >= 0.3 is 6.09 Å². The molecule has 13 nitrogen and oxygen atoms in total. The van der Waals surface area contributed by atoms with Crippen molar-refractivity contribution in [1.82, 2.24) is 9.88 Å². The van der Waals surface area contributed by atoms with E-state index in [4.69, 9.17) is 28.5 Å². The first-order valence-electron chi connectivity index (χ1n) is 19.6. The van der Waals surface area contributed by atoms with Gasteiger partial charge in [0.15, 0.2) is 0 Å². The number of carbonyl (C=O) groups is 1. The Bertz CT molecular complexity index is 1620. The number of allylic oxidation sites excluding steroid dienone is 1. The SMILES string of the molecule is C=CCO[C@@]12Oc3ccc(OCc4cccc(C)n4)cc3[C@H]3[C@H](CCCCO)[C@@H](CCCCO)C=C(C(=NOC)C[C@@H]1N(CCOCCO)C(=O)OCC)[C@H]32. The van der Waals surface area contributed by atoms with Gasteiger partial charge in [0, 0.05) is 43.4 Å². The van der Waals surface area contributed by atoms with Crippen LogP contribution < -0.4 is 9.47 Å². The molecule has 0 bridgehead atoms. The van der Waals surface area contributed by atoms with Gasteiger partial charge in [0.25, 0.3) is 0 Å². The van der Waals surface area contributed by atoms with Gasteiger partial charge in [-0.3, -0.25) is 9.88 Å². The highest BCUT2D eigenvalue weighted by Gasteiger charge is 2.65. The number of hydrogen-bond acceptors (Lipinski definition) is 12. The van der Waals surface area contributed by atoms with Crippen LogP contribution in [0.3, 0.4) is 0 Å². The largest absolute Gasteiger partial charge is 0.487 e. The van der Waals surface area contributed by atoms with Crippen molar-refractivity contribution in [3.63, 3.8) is 0 Å². The number of nitrogens with zero attached hydrogens (tertiary/aromatic N) is 3. The fourth-order valence-corrected chi connectivity index (χ4v) is 8.60. The maximum absolute atomic E-state index is 14.0. The molecule has 3 aliphatic rings. The predicted molar refractivity (Wildman–Crippen MR) is 207 cm³/mol. The molecule has 1 amide bonds. The second kappa shape index (κ2) is 20.8.